The van der Waals surface area contributed by atoms with Crippen molar-refractivity contribution in [3.63, 3.8) is 0 Å². The molecule has 0 aromatic heterocycles. The molecule has 1 N–H and O–H groups in total. The first-order valence-corrected chi connectivity index (χ1v) is 6.16. The fourth-order valence-corrected chi connectivity index (χ4v) is 1.31. The molecular formula is C13H24N2O2. The molecule has 0 fully saturated rings. The first-order chi connectivity index (χ1) is 7.93. The topological polar surface area (TPSA) is 62.0 Å². The van der Waals surface area contributed by atoms with Crippen LogP contribution < -0.4 is 0 Å². The molecule has 0 aromatic carbocycles. The Bertz CT molecular complexity index is 281. The van der Waals surface area contributed by atoms with Gasteiger partial charge in [0.25, 0.3) is 0 Å². The van der Waals surface area contributed by atoms with Gasteiger partial charge in [-0.05, 0) is 46.0 Å². The molecule has 0 radical (unpaired) electrons. The van der Waals surface area contributed by atoms with Crippen molar-refractivity contribution in [2.45, 2.75) is 53.0 Å². The van der Waals surface area contributed by atoms with Gasteiger partial charge in [0.2, 0.25) is 0 Å². The second-order valence-corrected chi connectivity index (χ2v) is 4.75. The van der Waals surface area contributed by atoms with E-state index in [1.165, 1.54) is 12.5 Å². The molecule has 0 bridgehead atoms. The van der Waals surface area contributed by atoms with Crippen LogP contribution in [0.25, 0.3) is 0 Å². The van der Waals surface area contributed by atoms with Crippen molar-refractivity contribution in [3.8, 4) is 0 Å². The Labute approximate surface area is 104 Å². The Kier molecular flexibility index (Phi) is 8.28. The average Bonchev–Trinajstić information content (AvgIpc) is 2.23. The lowest BCUT2D eigenvalue weighted by Gasteiger charge is -2.07. The van der Waals surface area contributed by atoms with E-state index in [4.69, 9.17) is 5.11 Å². The molecule has 0 aromatic rings. The molecule has 0 saturated carbocycles. The van der Waals surface area contributed by atoms with Gasteiger partial charge < -0.3 is 5.11 Å². The van der Waals surface area contributed by atoms with E-state index in [1.807, 2.05) is 0 Å². The lowest BCUT2D eigenvalue weighted by atomic mass is 10.0. The van der Waals surface area contributed by atoms with Crippen LogP contribution in [0.2, 0.25) is 0 Å². The number of aliphatic carboxylic acids is 1. The summed E-state index contributed by atoms with van der Waals surface area (Å²) in [6, 6.07) is -0.726. The van der Waals surface area contributed by atoms with Crippen molar-refractivity contribution in [1.29, 1.82) is 0 Å². The highest BCUT2D eigenvalue weighted by molar-refractivity contribution is 5.72. The van der Waals surface area contributed by atoms with Crippen molar-refractivity contribution < 1.29 is 9.90 Å². The van der Waals surface area contributed by atoms with E-state index in [0.29, 0.717) is 12.5 Å². The van der Waals surface area contributed by atoms with Gasteiger partial charge in [-0.3, -0.25) is 0 Å². The highest BCUT2D eigenvalue weighted by Gasteiger charge is 2.07. The maximum Gasteiger partial charge on any atom is 0.330 e. The lowest BCUT2D eigenvalue weighted by molar-refractivity contribution is -0.138. The third kappa shape index (κ3) is 9.72. The molecule has 0 amide bonds. The highest BCUT2D eigenvalue weighted by Crippen LogP contribution is 2.11. The summed E-state index contributed by atoms with van der Waals surface area (Å²) in [6.07, 6.45) is 5.46. The van der Waals surface area contributed by atoms with Crippen LogP contribution in [0.5, 0.6) is 0 Å². The van der Waals surface area contributed by atoms with E-state index in [9.17, 15) is 4.79 Å². The minimum Gasteiger partial charge on any atom is -0.480 e. The van der Waals surface area contributed by atoms with E-state index in [-0.39, 0.29) is 0 Å². The molecule has 2 unspecified atom stereocenters. The van der Waals surface area contributed by atoms with Gasteiger partial charge in [-0.1, -0.05) is 18.6 Å². The molecule has 4 heteroatoms. The fraction of sp³-hybridized carbons (Fsp3) is 0.769. The average molecular weight is 240 g/mol. The van der Waals surface area contributed by atoms with Crippen molar-refractivity contribution in [2.24, 2.45) is 16.1 Å². The second-order valence-electron chi connectivity index (χ2n) is 4.75. The van der Waals surface area contributed by atoms with Gasteiger partial charge in [0.15, 0.2) is 6.04 Å². The SMILES string of the molecule is CC(C)=CCCC(C)CCN=NC(C)C(=O)O. The van der Waals surface area contributed by atoms with Crippen molar-refractivity contribution in [1.82, 2.24) is 0 Å². The third-order valence-corrected chi connectivity index (χ3v) is 2.55. The first-order valence-electron chi connectivity index (χ1n) is 6.16. The van der Waals surface area contributed by atoms with E-state index in [0.717, 1.165) is 19.3 Å². The summed E-state index contributed by atoms with van der Waals surface area (Å²) >= 11 is 0. The number of carbonyl (C=O) groups is 1. The molecular weight excluding hydrogens is 216 g/mol. The monoisotopic (exact) mass is 240 g/mol. The number of hydrogen-bond acceptors (Lipinski definition) is 3. The number of nitrogens with zero attached hydrogens (tertiary/aromatic N) is 2. The van der Waals surface area contributed by atoms with E-state index in [1.54, 1.807) is 0 Å². The predicted octanol–water partition coefficient (Wildman–Crippen LogP) is 3.68. The van der Waals surface area contributed by atoms with Gasteiger partial charge in [0.05, 0.1) is 6.54 Å². The van der Waals surface area contributed by atoms with E-state index >= 15 is 0 Å². The molecule has 0 saturated heterocycles. The largest absolute Gasteiger partial charge is 0.480 e. The van der Waals surface area contributed by atoms with Gasteiger partial charge in [0.1, 0.15) is 0 Å². The molecule has 0 aliphatic carbocycles. The molecule has 0 aliphatic heterocycles. The van der Waals surface area contributed by atoms with Gasteiger partial charge in [-0.15, -0.1) is 0 Å². The molecule has 0 heterocycles. The van der Waals surface area contributed by atoms with Crippen molar-refractivity contribution >= 4 is 5.97 Å². The van der Waals surface area contributed by atoms with Crippen LogP contribution >= 0.6 is 0 Å². The third-order valence-electron chi connectivity index (χ3n) is 2.55. The number of carboxylic acids is 1. The second kappa shape index (κ2) is 8.90. The Morgan fingerprint density at radius 1 is 1.29 bits per heavy atom. The maximum atomic E-state index is 10.5. The summed E-state index contributed by atoms with van der Waals surface area (Å²) in [5, 5.41) is 16.2. The fourth-order valence-electron chi connectivity index (χ4n) is 1.31. The predicted molar refractivity (Wildman–Crippen MR) is 69.3 cm³/mol. The van der Waals surface area contributed by atoms with Crippen LogP contribution in [0.4, 0.5) is 0 Å². The van der Waals surface area contributed by atoms with Gasteiger partial charge in [-0.25, -0.2) is 4.79 Å². The summed E-state index contributed by atoms with van der Waals surface area (Å²) < 4.78 is 0. The number of hydrogen-bond donors (Lipinski definition) is 1. The summed E-state index contributed by atoms with van der Waals surface area (Å²) in [5.74, 6) is -0.324. The lowest BCUT2D eigenvalue weighted by Crippen LogP contribution is -2.12. The van der Waals surface area contributed by atoms with Gasteiger partial charge in [-0.2, -0.15) is 10.2 Å². The van der Waals surface area contributed by atoms with Crippen molar-refractivity contribution in [2.75, 3.05) is 6.54 Å². The number of carboxylic acid groups (broad SMARTS) is 1. The van der Waals surface area contributed by atoms with Crippen LogP contribution in [0, 0.1) is 5.92 Å². The normalized spacial score (nSPS) is 14.6. The zero-order chi connectivity index (χ0) is 13.3. The van der Waals surface area contributed by atoms with Crippen LogP contribution in [0.3, 0.4) is 0 Å². The number of azo groups is 1. The minimum absolute atomic E-state index is 0.602. The zero-order valence-corrected chi connectivity index (χ0v) is 11.3. The van der Waals surface area contributed by atoms with Crippen LogP contribution in [-0.2, 0) is 4.79 Å². The Hall–Kier alpha value is -1.19. The molecule has 0 rings (SSSR count). The Morgan fingerprint density at radius 2 is 1.94 bits per heavy atom. The van der Waals surface area contributed by atoms with Crippen LogP contribution in [0.15, 0.2) is 21.9 Å². The van der Waals surface area contributed by atoms with Crippen LogP contribution in [0.1, 0.15) is 47.0 Å². The summed E-state index contributed by atoms with van der Waals surface area (Å²) in [4.78, 5) is 10.5. The Morgan fingerprint density at radius 3 is 2.47 bits per heavy atom. The highest BCUT2D eigenvalue weighted by atomic mass is 16.4. The molecule has 98 valence electrons. The zero-order valence-electron chi connectivity index (χ0n) is 11.3. The quantitative estimate of drug-likeness (QED) is 0.519. The first kappa shape index (κ1) is 15.8. The van der Waals surface area contributed by atoms with E-state index < -0.39 is 12.0 Å². The molecule has 4 nitrogen and oxygen atoms in total. The minimum atomic E-state index is -0.926. The number of rotatable bonds is 8. The summed E-state index contributed by atoms with van der Waals surface area (Å²) in [6.45, 7) is 8.55. The van der Waals surface area contributed by atoms with Gasteiger partial charge in [0, 0.05) is 0 Å². The number of allylic oxidation sites excluding steroid dienone is 2. The van der Waals surface area contributed by atoms with E-state index in [2.05, 4.69) is 37.1 Å². The van der Waals surface area contributed by atoms with Crippen LogP contribution in [-0.4, -0.2) is 23.7 Å². The van der Waals surface area contributed by atoms with Crippen molar-refractivity contribution in [3.05, 3.63) is 11.6 Å². The molecule has 17 heavy (non-hydrogen) atoms. The maximum absolute atomic E-state index is 10.5. The summed E-state index contributed by atoms with van der Waals surface area (Å²) in [7, 11) is 0. The molecule has 0 spiro atoms. The standard InChI is InChI=1S/C13H24N2O2/c1-10(2)6-5-7-11(3)8-9-14-15-12(4)13(16)17/h6,11-12H,5,7-9H2,1-4H3,(H,16,17). The van der Waals surface area contributed by atoms with Gasteiger partial charge >= 0.3 is 5.97 Å². The molecule has 0 aliphatic rings. The Balaban J connectivity index is 3.67. The summed E-state index contributed by atoms with van der Waals surface area (Å²) in [5.41, 5.74) is 1.35. The smallest absolute Gasteiger partial charge is 0.330 e. The molecule has 2 atom stereocenters.